The summed E-state index contributed by atoms with van der Waals surface area (Å²) in [6, 6.07) is 25.7. The molecule has 0 fully saturated rings. The van der Waals surface area contributed by atoms with Crippen molar-refractivity contribution in [2.24, 2.45) is 0 Å². The Hall–Kier alpha value is -3.33. The molecule has 0 aliphatic rings. The summed E-state index contributed by atoms with van der Waals surface area (Å²) < 4.78 is 39.3. The third kappa shape index (κ3) is 5.92. The minimum atomic E-state index is -3.89. The molecule has 0 saturated heterocycles. The molecule has 0 spiro atoms. The number of ether oxygens (including phenoxy) is 2. The van der Waals surface area contributed by atoms with Crippen LogP contribution in [-0.2, 0) is 21.4 Å². The Labute approximate surface area is 200 Å². The van der Waals surface area contributed by atoms with Gasteiger partial charge >= 0.3 is 5.97 Å². The Bertz CT molecular complexity index is 1370. The summed E-state index contributed by atoms with van der Waals surface area (Å²) in [7, 11) is -3.89. The van der Waals surface area contributed by atoms with E-state index < -0.39 is 16.0 Å². The van der Waals surface area contributed by atoms with E-state index >= 15 is 0 Å². The van der Waals surface area contributed by atoms with Crippen LogP contribution >= 0.6 is 22.9 Å². The molecule has 0 unspecified atom stereocenters. The van der Waals surface area contributed by atoms with Gasteiger partial charge in [0.1, 0.15) is 22.3 Å². The van der Waals surface area contributed by atoms with Gasteiger partial charge in [-0.1, -0.05) is 54.1 Å². The number of benzene rings is 3. The van der Waals surface area contributed by atoms with Gasteiger partial charge in [-0.25, -0.2) is 13.2 Å². The van der Waals surface area contributed by atoms with Crippen LogP contribution in [0.2, 0.25) is 4.34 Å². The molecule has 4 rings (SSSR count). The highest BCUT2D eigenvalue weighted by molar-refractivity contribution is 7.94. The lowest BCUT2D eigenvalue weighted by molar-refractivity contribution is 0.0473. The molecule has 0 amide bonds. The molecule has 0 bridgehead atoms. The lowest BCUT2D eigenvalue weighted by atomic mass is 10.2. The maximum absolute atomic E-state index is 12.7. The topological polar surface area (TPSA) is 81.7 Å². The van der Waals surface area contributed by atoms with E-state index in [2.05, 4.69) is 4.72 Å². The number of hydrogen-bond donors (Lipinski definition) is 1. The smallest absolute Gasteiger partial charge is 0.340 e. The number of thiophene rings is 1. The van der Waals surface area contributed by atoms with E-state index in [-0.39, 0.29) is 22.1 Å². The Balaban J connectivity index is 1.45. The second-order valence-electron chi connectivity index (χ2n) is 6.85. The molecule has 0 radical (unpaired) electrons. The highest BCUT2D eigenvalue weighted by Gasteiger charge is 2.21. The number of hydrogen-bond acceptors (Lipinski definition) is 6. The summed E-state index contributed by atoms with van der Waals surface area (Å²) in [5, 5.41) is 0. The first-order valence-electron chi connectivity index (χ1n) is 9.77. The van der Waals surface area contributed by atoms with Crippen molar-refractivity contribution in [3.63, 3.8) is 0 Å². The molecule has 3 aromatic carbocycles. The zero-order chi connectivity index (χ0) is 23.3. The summed E-state index contributed by atoms with van der Waals surface area (Å²) in [6.07, 6.45) is 0. The highest BCUT2D eigenvalue weighted by Crippen LogP contribution is 2.28. The number of anilines is 1. The fourth-order valence-electron chi connectivity index (χ4n) is 2.94. The van der Waals surface area contributed by atoms with Gasteiger partial charge in [-0.2, -0.15) is 0 Å². The number of carbonyl (C=O) groups excluding carboxylic acids is 1. The molecule has 1 aromatic heterocycles. The molecule has 168 valence electrons. The van der Waals surface area contributed by atoms with Crippen molar-refractivity contribution < 1.29 is 22.7 Å². The number of sulfonamides is 1. The van der Waals surface area contributed by atoms with Crippen molar-refractivity contribution in [1.82, 2.24) is 0 Å². The quantitative estimate of drug-likeness (QED) is 0.285. The fraction of sp³-hybridized carbons (Fsp3) is 0.0417. The monoisotopic (exact) mass is 499 g/mol. The maximum Gasteiger partial charge on any atom is 0.340 e. The van der Waals surface area contributed by atoms with Crippen molar-refractivity contribution >= 4 is 44.6 Å². The summed E-state index contributed by atoms with van der Waals surface area (Å²) in [4.78, 5) is 12.7. The lowest BCUT2D eigenvalue weighted by Crippen LogP contribution is -2.15. The average Bonchev–Trinajstić information content (AvgIpc) is 3.26. The van der Waals surface area contributed by atoms with Crippen LogP contribution in [0.3, 0.4) is 0 Å². The molecule has 9 heteroatoms. The normalized spacial score (nSPS) is 11.1. The maximum atomic E-state index is 12.7. The van der Waals surface area contributed by atoms with Gasteiger partial charge in [-0.15, -0.1) is 11.3 Å². The second-order valence-corrected chi connectivity index (χ2v) is 10.5. The number of carbonyl (C=O) groups is 1. The van der Waals surface area contributed by atoms with E-state index in [1.54, 1.807) is 36.4 Å². The molecule has 0 aliphatic heterocycles. The van der Waals surface area contributed by atoms with Crippen molar-refractivity contribution in [3.8, 4) is 11.5 Å². The molecule has 6 nitrogen and oxygen atoms in total. The Morgan fingerprint density at radius 3 is 2.36 bits per heavy atom. The van der Waals surface area contributed by atoms with Crippen molar-refractivity contribution in [2.45, 2.75) is 10.8 Å². The van der Waals surface area contributed by atoms with E-state index in [1.807, 2.05) is 30.3 Å². The van der Waals surface area contributed by atoms with Crippen LogP contribution < -0.4 is 9.46 Å². The van der Waals surface area contributed by atoms with Gasteiger partial charge in [0.25, 0.3) is 10.0 Å². The number of esters is 1. The summed E-state index contributed by atoms with van der Waals surface area (Å²) in [5.74, 6) is 0.643. The third-order valence-corrected chi connectivity index (χ3v) is 7.54. The Morgan fingerprint density at radius 2 is 1.61 bits per heavy atom. The standard InChI is InChI=1S/C24H18ClNO5S2/c25-22-13-14-23(32-22)33(28,29)26-21-12-5-4-11-20(21)24(27)30-16-17-7-6-10-19(15-17)31-18-8-2-1-3-9-18/h1-15,26H,16H2. The van der Waals surface area contributed by atoms with Gasteiger partial charge in [0.2, 0.25) is 0 Å². The predicted octanol–water partition coefficient (Wildman–Crippen LogP) is 6.35. The van der Waals surface area contributed by atoms with Crippen molar-refractivity contribution in [2.75, 3.05) is 4.72 Å². The predicted molar refractivity (Wildman–Crippen MR) is 129 cm³/mol. The fourth-order valence-corrected chi connectivity index (χ4v) is 5.50. The first kappa shape index (κ1) is 22.8. The molecule has 4 aromatic rings. The first-order valence-corrected chi connectivity index (χ1v) is 12.4. The average molecular weight is 500 g/mol. The van der Waals surface area contributed by atoms with E-state index in [0.29, 0.717) is 15.8 Å². The number of halogens is 1. The van der Waals surface area contributed by atoms with Gasteiger partial charge < -0.3 is 9.47 Å². The van der Waals surface area contributed by atoms with Gasteiger partial charge in [0, 0.05) is 0 Å². The molecule has 0 saturated carbocycles. The molecule has 1 heterocycles. The highest BCUT2D eigenvalue weighted by atomic mass is 35.5. The number of rotatable bonds is 8. The van der Waals surface area contributed by atoms with Crippen LogP contribution in [0, 0.1) is 0 Å². The second kappa shape index (κ2) is 10.1. The molecule has 33 heavy (non-hydrogen) atoms. The zero-order valence-corrected chi connectivity index (χ0v) is 19.5. The van der Waals surface area contributed by atoms with Crippen LogP contribution in [0.15, 0.2) is 95.2 Å². The summed E-state index contributed by atoms with van der Waals surface area (Å²) in [5.41, 5.74) is 0.941. The van der Waals surface area contributed by atoms with Gasteiger partial charge in [0.05, 0.1) is 15.6 Å². The largest absolute Gasteiger partial charge is 0.457 e. The molecular weight excluding hydrogens is 482 g/mol. The molecular formula is C24H18ClNO5S2. The Kier molecular flexibility index (Phi) is 6.98. The molecule has 0 aliphatic carbocycles. The number of nitrogens with one attached hydrogen (secondary N) is 1. The lowest BCUT2D eigenvalue weighted by Gasteiger charge is -2.12. The minimum absolute atomic E-state index is 0.00750. The van der Waals surface area contributed by atoms with E-state index in [4.69, 9.17) is 21.1 Å². The van der Waals surface area contributed by atoms with Crippen LogP contribution in [0.1, 0.15) is 15.9 Å². The van der Waals surface area contributed by atoms with Crippen LogP contribution in [0.25, 0.3) is 0 Å². The van der Waals surface area contributed by atoms with E-state index in [9.17, 15) is 13.2 Å². The van der Waals surface area contributed by atoms with E-state index in [1.165, 1.54) is 24.3 Å². The van der Waals surface area contributed by atoms with Crippen LogP contribution in [0.5, 0.6) is 11.5 Å². The van der Waals surface area contributed by atoms with Crippen LogP contribution in [0.4, 0.5) is 5.69 Å². The zero-order valence-electron chi connectivity index (χ0n) is 17.1. The van der Waals surface area contributed by atoms with E-state index in [0.717, 1.165) is 16.9 Å². The minimum Gasteiger partial charge on any atom is -0.457 e. The molecule has 0 atom stereocenters. The van der Waals surface area contributed by atoms with Gasteiger partial charge in [-0.3, -0.25) is 4.72 Å². The first-order chi connectivity index (χ1) is 15.9. The van der Waals surface area contributed by atoms with Gasteiger partial charge in [-0.05, 0) is 54.1 Å². The van der Waals surface area contributed by atoms with Crippen LogP contribution in [-0.4, -0.2) is 14.4 Å². The number of para-hydroxylation sites is 2. The Morgan fingerprint density at radius 1 is 0.879 bits per heavy atom. The van der Waals surface area contributed by atoms with Crippen molar-refractivity contribution in [3.05, 3.63) is 106 Å². The summed E-state index contributed by atoms with van der Waals surface area (Å²) in [6.45, 7) is -0.00750. The molecule has 1 N–H and O–H groups in total. The van der Waals surface area contributed by atoms with Crippen molar-refractivity contribution in [1.29, 1.82) is 0 Å². The van der Waals surface area contributed by atoms with Gasteiger partial charge in [0.15, 0.2) is 0 Å². The SMILES string of the molecule is O=C(OCc1cccc(Oc2ccccc2)c1)c1ccccc1NS(=O)(=O)c1ccc(Cl)s1. The summed E-state index contributed by atoms with van der Waals surface area (Å²) >= 11 is 6.77. The third-order valence-electron chi connectivity index (χ3n) is 4.45.